The second-order valence-electron chi connectivity index (χ2n) is 7.20. The summed E-state index contributed by atoms with van der Waals surface area (Å²) < 4.78 is 1.63. The van der Waals surface area contributed by atoms with Gasteiger partial charge < -0.3 is 5.32 Å². The maximum absolute atomic E-state index is 13.4. The Kier molecular flexibility index (Phi) is 5.32. The molecule has 0 aliphatic carbocycles. The molecule has 5 aromatic heterocycles. The second-order valence-corrected chi connectivity index (χ2v) is 7.20. The monoisotopic (exact) mass is 421 g/mol. The predicted molar refractivity (Wildman–Crippen MR) is 122 cm³/mol. The van der Waals surface area contributed by atoms with Gasteiger partial charge in [0, 0.05) is 49.3 Å². The first-order valence-electron chi connectivity index (χ1n) is 10.1. The largest absolute Gasteiger partial charge is 0.361 e. The quantitative estimate of drug-likeness (QED) is 0.449. The van der Waals surface area contributed by atoms with Crippen molar-refractivity contribution < 1.29 is 0 Å². The van der Waals surface area contributed by atoms with Crippen molar-refractivity contribution >= 4 is 17.0 Å². The number of aromatic nitrogens is 6. The lowest BCUT2D eigenvalue weighted by molar-refractivity contribution is 0.772. The van der Waals surface area contributed by atoms with Crippen LogP contribution in [0.15, 0.2) is 90.5 Å². The Morgan fingerprint density at radius 2 is 1.53 bits per heavy atom. The lowest BCUT2D eigenvalue weighted by Gasteiger charge is -2.13. The molecule has 0 unspecified atom stereocenters. The van der Waals surface area contributed by atoms with Crippen molar-refractivity contribution in [1.82, 2.24) is 29.5 Å². The highest BCUT2D eigenvalue weighted by Crippen LogP contribution is 2.20. The number of hydrogen-bond donors (Lipinski definition) is 1. The Morgan fingerprint density at radius 1 is 0.781 bits per heavy atom. The van der Waals surface area contributed by atoms with Crippen molar-refractivity contribution in [1.29, 1.82) is 0 Å². The molecule has 1 N–H and O–H groups in total. The van der Waals surface area contributed by atoms with Gasteiger partial charge in [-0.15, -0.1) is 0 Å². The lowest BCUT2D eigenvalue weighted by atomic mass is 10.2. The van der Waals surface area contributed by atoms with Gasteiger partial charge in [0.05, 0.1) is 12.2 Å². The van der Waals surface area contributed by atoms with Crippen molar-refractivity contribution in [3.05, 3.63) is 107 Å². The fraction of sp³-hybridized carbons (Fsp3) is 0.0833. The van der Waals surface area contributed by atoms with Gasteiger partial charge in [-0.2, -0.15) is 0 Å². The summed E-state index contributed by atoms with van der Waals surface area (Å²) in [5.74, 6) is 0.267. The smallest absolute Gasteiger partial charge is 0.295 e. The van der Waals surface area contributed by atoms with Crippen LogP contribution < -0.4 is 10.9 Å². The van der Waals surface area contributed by atoms with Crippen LogP contribution in [0.2, 0.25) is 0 Å². The summed E-state index contributed by atoms with van der Waals surface area (Å²) in [5, 5.41) is 3.16. The van der Waals surface area contributed by atoms with Crippen LogP contribution in [0.3, 0.4) is 0 Å². The van der Waals surface area contributed by atoms with Crippen LogP contribution in [-0.2, 0) is 13.1 Å². The van der Waals surface area contributed by atoms with E-state index in [-0.39, 0.29) is 11.4 Å². The number of fused-ring (bicyclic) bond motifs is 1. The van der Waals surface area contributed by atoms with Gasteiger partial charge >= 0.3 is 0 Å². The van der Waals surface area contributed by atoms with Crippen LogP contribution in [0.5, 0.6) is 0 Å². The fourth-order valence-electron chi connectivity index (χ4n) is 3.43. The van der Waals surface area contributed by atoms with Crippen molar-refractivity contribution in [3.63, 3.8) is 0 Å². The van der Waals surface area contributed by atoms with E-state index < -0.39 is 0 Å². The standard InChI is InChI=1S/C24H19N7O/c32-24-22(28-15-17-3-1-9-26-13-17)29-21-6-5-20(19-7-11-25-12-8-19)30-23(21)31(24)16-18-4-2-10-27-14-18/h1-14H,15-16H2,(H,28,29). The molecule has 0 radical (unpaired) electrons. The third-order valence-electron chi connectivity index (χ3n) is 5.01. The Balaban J connectivity index is 1.61. The van der Waals surface area contributed by atoms with Gasteiger partial charge in [0.2, 0.25) is 0 Å². The third-order valence-corrected chi connectivity index (χ3v) is 5.01. The van der Waals surface area contributed by atoms with E-state index in [0.29, 0.717) is 24.3 Å². The Hall–Kier alpha value is -4.46. The molecule has 0 atom stereocenters. The third kappa shape index (κ3) is 4.06. The minimum Gasteiger partial charge on any atom is -0.361 e. The number of anilines is 1. The molecule has 0 aliphatic rings. The molecule has 0 bridgehead atoms. The summed E-state index contributed by atoms with van der Waals surface area (Å²) in [6.45, 7) is 0.775. The molecule has 5 heterocycles. The molecule has 0 saturated heterocycles. The summed E-state index contributed by atoms with van der Waals surface area (Å²) in [6.07, 6.45) is 10.3. The number of rotatable bonds is 6. The van der Waals surface area contributed by atoms with Gasteiger partial charge in [0.25, 0.3) is 5.56 Å². The van der Waals surface area contributed by atoms with E-state index in [2.05, 4.69) is 25.3 Å². The summed E-state index contributed by atoms with van der Waals surface area (Å²) in [5.41, 5.74) is 4.41. The first-order valence-corrected chi connectivity index (χ1v) is 10.1. The Morgan fingerprint density at radius 3 is 2.25 bits per heavy atom. The molecular formula is C24H19N7O. The minimum absolute atomic E-state index is 0.246. The molecule has 5 rings (SSSR count). The minimum atomic E-state index is -0.246. The van der Waals surface area contributed by atoms with Crippen molar-refractivity contribution in [2.45, 2.75) is 13.1 Å². The van der Waals surface area contributed by atoms with E-state index in [4.69, 9.17) is 4.98 Å². The Labute approximate surface area is 183 Å². The maximum atomic E-state index is 13.4. The van der Waals surface area contributed by atoms with E-state index in [1.165, 1.54) is 0 Å². The van der Waals surface area contributed by atoms with Gasteiger partial charge in [0.1, 0.15) is 5.52 Å². The highest BCUT2D eigenvalue weighted by Gasteiger charge is 2.14. The van der Waals surface area contributed by atoms with Crippen LogP contribution in [0.4, 0.5) is 5.82 Å². The zero-order valence-electron chi connectivity index (χ0n) is 17.1. The van der Waals surface area contributed by atoms with Gasteiger partial charge in [-0.3, -0.25) is 24.3 Å². The van der Waals surface area contributed by atoms with Crippen LogP contribution in [0.1, 0.15) is 11.1 Å². The summed E-state index contributed by atoms with van der Waals surface area (Å²) in [6, 6.07) is 15.1. The van der Waals surface area contributed by atoms with Crippen LogP contribution in [0, 0.1) is 0 Å². The van der Waals surface area contributed by atoms with Crippen molar-refractivity contribution in [3.8, 4) is 11.3 Å². The highest BCUT2D eigenvalue weighted by atomic mass is 16.1. The number of hydrogen-bond acceptors (Lipinski definition) is 7. The molecule has 32 heavy (non-hydrogen) atoms. The molecule has 5 aromatic rings. The molecule has 8 heteroatoms. The SMILES string of the molecule is O=c1c(NCc2cccnc2)nc2ccc(-c3ccncc3)nc2n1Cc1cccnc1. The predicted octanol–water partition coefficient (Wildman–Crippen LogP) is 3.30. The molecule has 0 spiro atoms. The molecule has 0 amide bonds. The number of nitrogens with zero attached hydrogens (tertiary/aromatic N) is 6. The number of pyridine rings is 4. The normalized spacial score (nSPS) is 10.9. The zero-order valence-corrected chi connectivity index (χ0v) is 17.1. The summed E-state index contributed by atoms with van der Waals surface area (Å²) >= 11 is 0. The average Bonchev–Trinajstić information content (AvgIpc) is 2.86. The van der Waals surface area contributed by atoms with Gasteiger partial charge in [0.15, 0.2) is 11.5 Å². The van der Waals surface area contributed by atoms with Crippen LogP contribution in [-0.4, -0.2) is 29.5 Å². The summed E-state index contributed by atoms with van der Waals surface area (Å²) in [7, 11) is 0. The van der Waals surface area contributed by atoms with Gasteiger partial charge in [-0.05, 0) is 47.5 Å². The molecule has 8 nitrogen and oxygen atoms in total. The van der Waals surface area contributed by atoms with Gasteiger partial charge in [-0.25, -0.2) is 9.97 Å². The van der Waals surface area contributed by atoms with Crippen molar-refractivity contribution in [2.24, 2.45) is 0 Å². The summed E-state index contributed by atoms with van der Waals surface area (Å²) in [4.78, 5) is 35.1. The fourth-order valence-corrected chi connectivity index (χ4v) is 3.43. The van der Waals surface area contributed by atoms with Crippen LogP contribution in [0.25, 0.3) is 22.4 Å². The molecule has 0 saturated carbocycles. The van der Waals surface area contributed by atoms with E-state index in [1.54, 1.807) is 41.7 Å². The average molecular weight is 421 g/mol. The van der Waals surface area contributed by atoms with E-state index in [9.17, 15) is 4.79 Å². The molecule has 0 aromatic carbocycles. The topological polar surface area (TPSA) is 98.5 Å². The maximum Gasteiger partial charge on any atom is 0.295 e. The van der Waals surface area contributed by atoms with Gasteiger partial charge in [-0.1, -0.05) is 12.1 Å². The van der Waals surface area contributed by atoms with E-state index in [0.717, 1.165) is 22.4 Å². The molecule has 156 valence electrons. The van der Waals surface area contributed by atoms with Crippen molar-refractivity contribution in [2.75, 3.05) is 5.32 Å². The molecule has 0 fully saturated rings. The second kappa shape index (κ2) is 8.73. The van der Waals surface area contributed by atoms with E-state index in [1.807, 2.05) is 48.5 Å². The first-order chi connectivity index (χ1) is 15.8. The van der Waals surface area contributed by atoms with E-state index >= 15 is 0 Å². The molecule has 0 aliphatic heterocycles. The Bertz CT molecular complexity index is 1400. The first kappa shape index (κ1) is 19.5. The molecular weight excluding hydrogens is 402 g/mol. The highest BCUT2D eigenvalue weighted by molar-refractivity contribution is 5.76. The van der Waals surface area contributed by atoms with Crippen LogP contribution >= 0.6 is 0 Å². The lowest BCUT2D eigenvalue weighted by Crippen LogP contribution is -2.26. The zero-order chi connectivity index (χ0) is 21.8. The number of nitrogens with one attached hydrogen (secondary N) is 1.